The van der Waals surface area contributed by atoms with Crippen LogP contribution in [0, 0.1) is 0 Å². The molecule has 0 aromatic rings. The molecule has 0 saturated heterocycles. The van der Waals surface area contributed by atoms with Gasteiger partial charge in [0.05, 0.1) is 0 Å². The van der Waals surface area contributed by atoms with E-state index in [4.69, 9.17) is 5.11 Å². The van der Waals surface area contributed by atoms with Gasteiger partial charge in [0, 0.05) is 13.6 Å². The van der Waals surface area contributed by atoms with Crippen molar-refractivity contribution >= 4 is 12.2 Å². The third kappa shape index (κ3) is 3.16. The second kappa shape index (κ2) is 6.36. The predicted octanol–water partition coefficient (Wildman–Crippen LogP) is -0.844. The number of aliphatic hydroxyl groups is 1. The van der Waals surface area contributed by atoms with E-state index in [9.17, 15) is 4.79 Å². The summed E-state index contributed by atoms with van der Waals surface area (Å²) in [6.07, 6.45) is 2.14. The lowest BCUT2D eigenvalue weighted by molar-refractivity contribution is -0.114. The number of amides is 1. The smallest absolute Gasteiger partial charge is 0.215 e. The fourth-order valence-electron chi connectivity index (χ4n) is 0.668. The Morgan fingerprint density at radius 1 is 1.83 bits per heavy atom. The summed E-state index contributed by atoms with van der Waals surface area (Å²) >= 11 is 0. The molecule has 0 aliphatic carbocycles. The second-order valence-corrected chi connectivity index (χ2v) is 1.96. The molecule has 0 aliphatic rings. The normalized spacial score (nSPS) is 10.7. The number of hydrazone groups is 1. The summed E-state index contributed by atoms with van der Waals surface area (Å²) < 4.78 is 0. The van der Waals surface area contributed by atoms with Crippen LogP contribution in [0.4, 0.5) is 0 Å². The molecule has 5 heteroatoms. The van der Waals surface area contributed by atoms with E-state index >= 15 is 0 Å². The Morgan fingerprint density at radius 2 is 2.50 bits per heavy atom. The quantitative estimate of drug-likeness (QED) is 0.186. The van der Waals surface area contributed by atoms with E-state index in [1.807, 2.05) is 0 Å². The van der Waals surface area contributed by atoms with E-state index in [1.165, 1.54) is 4.90 Å². The predicted molar refractivity (Wildman–Crippen MR) is 46.5 cm³/mol. The fraction of sp³-hybridized carbons (Fsp3) is 0.429. The highest BCUT2D eigenvalue weighted by Gasteiger charge is 2.06. The van der Waals surface area contributed by atoms with E-state index < -0.39 is 0 Å². The summed E-state index contributed by atoms with van der Waals surface area (Å²) in [6, 6.07) is 0. The Labute approximate surface area is 71.4 Å². The minimum atomic E-state index is -0.284. The van der Waals surface area contributed by atoms with Crippen molar-refractivity contribution < 1.29 is 9.90 Å². The first-order valence-corrected chi connectivity index (χ1v) is 3.47. The third-order valence-corrected chi connectivity index (χ3v) is 1.17. The number of hydrogen-bond acceptors (Lipinski definition) is 4. The summed E-state index contributed by atoms with van der Waals surface area (Å²) in [6.45, 7) is 3.52. The number of amidine groups is 1. The molecule has 0 aromatic carbocycles. The van der Waals surface area contributed by atoms with Crippen LogP contribution in [0.3, 0.4) is 0 Å². The van der Waals surface area contributed by atoms with Crippen LogP contribution < -0.4 is 5.43 Å². The number of nitrogens with one attached hydrogen (secondary N) is 1. The highest BCUT2D eigenvalue weighted by Crippen LogP contribution is 1.87. The van der Waals surface area contributed by atoms with Gasteiger partial charge in [0.1, 0.15) is 6.61 Å². The summed E-state index contributed by atoms with van der Waals surface area (Å²) in [4.78, 5) is 11.7. The van der Waals surface area contributed by atoms with Gasteiger partial charge in [-0.25, -0.2) is 0 Å². The van der Waals surface area contributed by atoms with Crippen molar-refractivity contribution in [2.45, 2.75) is 0 Å². The molecule has 2 N–H and O–H groups in total. The zero-order valence-corrected chi connectivity index (χ0v) is 7.03. The Morgan fingerprint density at radius 3 is 2.83 bits per heavy atom. The van der Waals surface area contributed by atoms with Crippen LogP contribution in [0.5, 0.6) is 0 Å². The van der Waals surface area contributed by atoms with Gasteiger partial charge in [0.2, 0.25) is 6.41 Å². The zero-order chi connectivity index (χ0) is 9.40. The first-order valence-electron chi connectivity index (χ1n) is 3.47. The number of hydrogen-bond donors (Lipinski definition) is 2. The molecule has 0 unspecified atom stereocenters. The first kappa shape index (κ1) is 10.6. The van der Waals surface area contributed by atoms with E-state index in [0.29, 0.717) is 13.0 Å². The van der Waals surface area contributed by atoms with Gasteiger partial charge in [-0.2, -0.15) is 5.10 Å². The van der Waals surface area contributed by atoms with Gasteiger partial charge in [-0.15, -0.1) is 6.58 Å². The van der Waals surface area contributed by atoms with Crippen LogP contribution in [-0.2, 0) is 4.79 Å². The van der Waals surface area contributed by atoms with Crippen LogP contribution >= 0.6 is 0 Å². The Balaban J connectivity index is 4.31. The molecule has 0 fully saturated rings. The Hall–Kier alpha value is -1.36. The fourth-order valence-corrected chi connectivity index (χ4v) is 0.668. The molecule has 5 nitrogen and oxygen atoms in total. The highest BCUT2D eigenvalue weighted by atomic mass is 16.3. The zero-order valence-electron chi connectivity index (χ0n) is 7.03. The molecule has 0 aromatic heterocycles. The lowest BCUT2D eigenvalue weighted by atomic mass is 10.5. The van der Waals surface area contributed by atoms with Crippen molar-refractivity contribution in [2.75, 3.05) is 20.2 Å². The third-order valence-electron chi connectivity index (χ3n) is 1.17. The van der Waals surface area contributed by atoms with Gasteiger partial charge in [-0.1, -0.05) is 6.08 Å². The molecule has 0 rings (SSSR count). The summed E-state index contributed by atoms with van der Waals surface area (Å²) in [5.74, 6) is 0.271. The van der Waals surface area contributed by atoms with E-state index in [1.54, 1.807) is 13.1 Å². The molecule has 0 radical (unpaired) electrons. The SMILES string of the molecule is C=CCN(C=O)/C(CO)=N/NC. The molecule has 0 atom stereocenters. The Bertz CT molecular complexity index is 179. The molecule has 1 amide bonds. The average molecular weight is 171 g/mol. The molecule has 0 saturated carbocycles. The Kier molecular flexibility index (Phi) is 5.64. The molecule has 68 valence electrons. The maximum absolute atomic E-state index is 10.4. The molecule has 12 heavy (non-hydrogen) atoms. The van der Waals surface area contributed by atoms with Crippen LogP contribution in [0.2, 0.25) is 0 Å². The molecule has 0 spiro atoms. The monoisotopic (exact) mass is 171 g/mol. The minimum Gasteiger partial charge on any atom is -0.388 e. The summed E-state index contributed by atoms with van der Waals surface area (Å²) in [5.41, 5.74) is 2.49. The summed E-state index contributed by atoms with van der Waals surface area (Å²) in [5, 5.41) is 12.5. The van der Waals surface area contributed by atoms with Gasteiger partial charge < -0.3 is 10.5 Å². The van der Waals surface area contributed by atoms with Crippen molar-refractivity contribution in [3.8, 4) is 0 Å². The van der Waals surface area contributed by atoms with Crippen LogP contribution in [0.25, 0.3) is 0 Å². The molecular weight excluding hydrogens is 158 g/mol. The highest BCUT2D eigenvalue weighted by molar-refractivity contribution is 5.91. The van der Waals surface area contributed by atoms with E-state index in [0.717, 1.165) is 0 Å². The van der Waals surface area contributed by atoms with Crippen LogP contribution in [0.1, 0.15) is 0 Å². The lowest BCUT2D eigenvalue weighted by Crippen LogP contribution is -2.33. The largest absolute Gasteiger partial charge is 0.388 e. The van der Waals surface area contributed by atoms with Crippen molar-refractivity contribution in [3.63, 3.8) is 0 Å². The number of rotatable bonds is 5. The first-order chi connectivity index (χ1) is 5.79. The van der Waals surface area contributed by atoms with Gasteiger partial charge in [-0.05, 0) is 0 Å². The summed E-state index contributed by atoms with van der Waals surface area (Å²) in [7, 11) is 1.59. The number of nitrogens with zero attached hydrogens (tertiary/aromatic N) is 2. The average Bonchev–Trinajstić information content (AvgIpc) is 2.11. The number of carbonyl (C=O) groups is 1. The minimum absolute atomic E-state index is 0.271. The van der Waals surface area contributed by atoms with Crippen molar-refractivity contribution in [3.05, 3.63) is 12.7 Å². The number of aliphatic hydroxyl groups excluding tert-OH is 1. The molecule has 0 heterocycles. The van der Waals surface area contributed by atoms with Crippen LogP contribution in [-0.4, -0.2) is 42.5 Å². The lowest BCUT2D eigenvalue weighted by Gasteiger charge is -2.14. The van der Waals surface area contributed by atoms with E-state index in [2.05, 4.69) is 17.1 Å². The molecule has 0 bridgehead atoms. The topological polar surface area (TPSA) is 64.9 Å². The van der Waals surface area contributed by atoms with Crippen molar-refractivity contribution in [1.29, 1.82) is 0 Å². The van der Waals surface area contributed by atoms with Gasteiger partial charge in [0.15, 0.2) is 5.84 Å². The number of carbonyl (C=O) groups excluding carboxylic acids is 1. The molecular formula is C7H13N3O2. The second-order valence-electron chi connectivity index (χ2n) is 1.96. The van der Waals surface area contributed by atoms with Crippen molar-refractivity contribution in [2.24, 2.45) is 5.10 Å². The van der Waals surface area contributed by atoms with Gasteiger partial charge in [-0.3, -0.25) is 9.69 Å². The van der Waals surface area contributed by atoms with Crippen molar-refractivity contribution in [1.82, 2.24) is 10.3 Å². The van der Waals surface area contributed by atoms with Crippen LogP contribution in [0.15, 0.2) is 17.8 Å². The maximum Gasteiger partial charge on any atom is 0.215 e. The van der Waals surface area contributed by atoms with Gasteiger partial charge >= 0.3 is 0 Å². The maximum atomic E-state index is 10.4. The van der Waals surface area contributed by atoms with E-state index in [-0.39, 0.29) is 12.4 Å². The standard InChI is InChI=1S/C7H13N3O2/c1-3-4-10(6-12)7(5-11)9-8-2/h3,6,8,11H,1,4-5H2,2H3/b9-7+. The van der Waals surface area contributed by atoms with Gasteiger partial charge in [0.25, 0.3) is 0 Å². The molecule has 0 aliphatic heterocycles.